The second-order valence-electron chi connectivity index (χ2n) is 6.37. The van der Waals surface area contributed by atoms with E-state index in [0.717, 1.165) is 10.2 Å². The average molecular weight is 465 g/mol. The highest BCUT2D eigenvalue weighted by Crippen LogP contribution is 2.38. The molecular weight excluding hydrogens is 444 g/mol. The van der Waals surface area contributed by atoms with Gasteiger partial charge in [0.05, 0.1) is 23.5 Å². The molecule has 0 fully saturated rings. The van der Waals surface area contributed by atoms with Crippen molar-refractivity contribution in [1.29, 1.82) is 0 Å². The summed E-state index contributed by atoms with van der Waals surface area (Å²) in [5, 5.41) is 15.1. The fourth-order valence-electron chi connectivity index (χ4n) is 2.83. The molecule has 0 spiro atoms. The number of nitrogens with zero attached hydrogens (tertiary/aromatic N) is 2. The van der Waals surface area contributed by atoms with E-state index in [1.165, 1.54) is 26.3 Å². The van der Waals surface area contributed by atoms with Crippen molar-refractivity contribution < 1.29 is 14.2 Å². The molecule has 0 aliphatic heterocycles. The highest BCUT2D eigenvalue weighted by Gasteiger charge is 2.26. The number of anilines is 4. The lowest BCUT2D eigenvalue weighted by Crippen LogP contribution is -2.42. The molecule has 1 atom stereocenters. The number of rotatable bonds is 9. The van der Waals surface area contributed by atoms with Gasteiger partial charge in [-0.25, -0.2) is 4.21 Å². The van der Waals surface area contributed by atoms with E-state index >= 15 is 0 Å². The molecule has 164 valence electrons. The first-order valence-electron chi connectivity index (χ1n) is 9.20. The Kier molecular flexibility index (Phi) is 6.96. The van der Waals surface area contributed by atoms with Crippen molar-refractivity contribution in [2.45, 2.75) is 11.8 Å². The van der Waals surface area contributed by atoms with Gasteiger partial charge in [0.15, 0.2) is 16.7 Å². The summed E-state index contributed by atoms with van der Waals surface area (Å²) in [6, 6.07) is 12.1. The van der Waals surface area contributed by atoms with Crippen LogP contribution in [-0.2, 0) is 15.8 Å². The number of halogens is 1. The van der Waals surface area contributed by atoms with Crippen molar-refractivity contribution in [1.82, 2.24) is 4.47 Å². The van der Waals surface area contributed by atoms with Crippen LogP contribution in [0.2, 0.25) is 5.02 Å². The number of nitrogens with one attached hydrogen (secondary N) is 2. The first kappa shape index (κ1) is 22.8. The van der Waals surface area contributed by atoms with Gasteiger partial charge in [-0.15, -0.1) is 4.47 Å². The molecule has 0 aliphatic carbocycles. The SMILES string of the molecule is CCN(Nc1c(Nc2ccc(Cl)c(S(=O)N(C)OC)c2O)c(=O)c1=O)c1ccccc1. The third-order valence-electron chi connectivity index (χ3n) is 4.55. The molecule has 9 nitrogen and oxygen atoms in total. The molecule has 0 saturated carbocycles. The van der Waals surface area contributed by atoms with Gasteiger partial charge in [0.2, 0.25) is 0 Å². The quantitative estimate of drug-likeness (QED) is 0.252. The number of benzene rings is 2. The molecule has 0 radical (unpaired) electrons. The van der Waals surface area contributed by atoms with Gasteiger partial charge in [0, 0.05) is 13.6 Å². The summed E-state index contributed by atoms with van der Waals surface area (Å²) in [6.45, 7) is 2.40. The Morgan fingerprint density at radius 1 is 1.10 bits per heavy atom. The molecule has 0 bridgehead atoms. The summed E-state index contributed by atoms with van der Waals surface area (Å²) >= 11 is 6.10. The Balaban J connectivity index is 1.93. The van der Waals surface area contributed by atoms with E-state index in [9.17, 15) is 18.9 Å². The van der Waals surface area contributed by atoms with Crippen LogP contribution in [0.15, 0.2) is 56.9 Å². The lowest BCUT2D eigenvalue weighted by molar-refractivity contribution is -0.0205. The van der Waals surface area contributed by atoms with Crippen LogP contribution in [-0.4, -0.2) is 34.5 Å². The van der Waals surface area contributed by atoms with E-state index < -0.39 is 27.6 Å². The van der Waals surface area contributed by atoms with E-state index in [2.05, 4.69) is 10.7 Å². The van der Waals surface area contributed by atoms with E-state index in [4.69, 9.17) is 16.4 Å². The van der Waals surface area contributed by atoms with Crippen molar-refractivity contribution >= 4 is 45.3 Å². The molecule has 3 aromatic rings. The molecule has 3 aromatic carbocycles. The smallest absolute Gasteiger partial charge is 0.255 e. The van der Waals surface area contributed by atoms with E-state index in [0.29, 0.717) is 6.54 Å². The summed E-state index contributed by atoms with van der Waals surface area (Å²) in [4.78, 5) is 29.2. The molecule has 3 rings (SSSR count). The topological polar surface area (TPSA) is 111 Å². The predicted octanol–water partition coefficient (Wildman–Crippen LogP) is 2.75. The van der Waals surface area contributed by atoms with Crippen LogP contribution in [0.25, 0.3) is 0 Å². The van der Waals surface area contributed by atoms with Gasteiger partial charge in [-0.1, -0.05) is 29.8 Å². The van der Waals surface area contributed by atoms with Crippen molar-refractivity contribution in [3.05, 3.63) is 67.9 Å². The van der Waals surface area contributed by atoms with Crippen LogP contribution in [0.4, 0.5) is 22.7 Å². The molecule has 31 heavy (non-hydrogen) atoms. The largest absolute Gasteiger partial charge is 0.504 e. The second-order valence-corrected chi connectivity index (χ2v) is 8.20. The van der Waals surface area contributed by atoms with Gasteiger partial charge in [-0.05, 0) is 31.2 Å². The maximum atomic E-state index is 12.5. The van der Waals surface area contributed by atoms with E-state index in [1.54, 1.807) is 5.01 Å². The molecule has 0 aliphatic rings. The number of hydrazine groups is 1. The Morgan fingerprint density at radius 3 is 2.35 bits per heavy atom. The highest BCUT2D eigenvalue weighted by molar-refractivity contribution is 7.82. The zero-order valence-electron chi connectivity index (χ0n) is 17.0. The van der Waals surface area contributed by atoms with Crippen LogP contribution in [0, 0.1) is 0 Å². The van der Waals surface area contributed by atoms with Gasteiger partial charge in [0.25, 0.3) is 10.9 Å². The van der Waals surface area contributed by atoms with Crippen molar-refractivity contribution in [3.63, 3.8) is 0 Å². The maximum absolute atomic E-state index is 12.5. The highest BCUT2D eigenvalue weighted by atomic mass is 35.5. The molecule has 0 amide bonds. The predicted molar refractivity (Wildman–Crippen MR) is 122 cm³/mol. The first-order chi connectivity index (χ1) is 14.8. The zero-order valence-corrected chi connectivity index (χ0v) is 18.6. The van der Waals surface area contributed by atoms with Crippen LogP contribution in [0.1, 0.15) is 6.92 Å². The maximum Gasteiger partial charge on any atom is 0.255 e. The second kappa shape index (κ2) is 9.48. The summed E-state index contributed by atoms with van der Waals surface area (Å²) in [5.41, 5.74) is 2.43. The lowest BCUT2D eigenvalue weighted by atomic mass is 10.1. The Labute approximate surface area is 186 Å². The van der Waals surface area contributed by atoms with Gasteiger partial charge in [0.1, 0.15) is 16.3 Å². The Hall–Kier alpha value is -2.92. The minimum atomic E-state index is -1.92. The molecule has 1 unspecified atom stereocenters. The Morgan fingerprint density at radius 2 is 1.74 bits per heavy atom. The minimum Gasteiger partial charge on any atom is -0.504 e. The van der Waals surface area contributed by atoms with Crippen molar-refractivity contribution in [3.8, 4) is 5.75 Å². The molecule has 0 saturated heterocycles. The molecule has 3 N–H and O–H groups in total. The number of hydroxylamine groups is 1. The van der Waals surface area contributed by atoms with Gasteiger partial charge >= 0.3 is 0 Å². The third kappa shape index (κ3) is 4.42. The standard InChI is InChI=1S/C20H21ClN4O5S/c1-4-25(12-8-6-5-7-9-12)23-16-15(18(27)19(16)28)22-14-11-10-13(21)20(17(14)26)31(29)24(2)30-3/h5-11,22-23,26H,4H2,1-3H3. The average Bonchev–Trinajstić information content (AvgIpc) is 2.79. The number of para-hydroxylation sites is 1. The van der Waals surface area contributed by atoms with E-state index in [1.807, 2.05) is 37.3 Å². The zero-order chi connectivity index (χ0) is 22.7. The minimum absolute atomic E-state index is 0.0196. The van der Waals surface area contributed by atoms with Crippen LogP contribution in [0.5, 0.6) is 5.75 Å². The summed E-state index contributed by atoms with van der Waals surface area (Å²) in [6.07, 6.45) is 0. The molecule has 0 aromatic heterocycles. The number of hydrogen-bond donors (Lipinski definition) is 3. The lowest BCUT2D eigenvalue weighted by Gasteiger charge is -2.27. The van der Waals surface area contributed by atoms with Crippen LogP contribution in [0.3, 0.4) is 0 Å². The molecule has 11 heteroatoms. The number of phenols is 1. The summed E-state index contributed by atoms with van der Waals surface area (Å²) in [5.74, 6) is -0.427. The van der Waals surface area contributed by atoms with Crippen LogP contribution >= 0.6 is 11.6 Å². The monoisotopic (exact) mass is 464 g/mol. The number of phenolic OH excluding ortho intramolecular Hbond substituents is 1. The normalized spacial score (nSPS) is 12.2. The van der Waals surface area contributed by atoms with Crippen LogP contribution < -0.4 is 26.6 Å². The fraction of sp³-hybridized carbons (Fsp3) is 0.200. The third-order valence-corrected chi connectivity index (χ3v) is 6.36. The summed E-state index contributed by atoms with van der Waals surface area (Å²) in [7, 11) is 0.805. The Bertz CT molecular complexity index is 1180. The van der Waals surface area contributed by atoms with E-state index in [-0.39, 0.29) is 27.0 Å². The van der Waals surface area contributed by atoms with Crippen molar-refractivity contribution in [2.24, 2.45) is 0 Å². The molecular formula is C20H21ClN4O5S. The fourth-order valence-corrected chi connectivity index (χ4v) is 4.08. The first-order valence-corrected chi connectivity index (χ1v) is 10.7. The van der Waals surface area contributed by atoms with Crippen molar-refractivity contribution in [2.75, 3.05) is 36.5 Å². The molecule has 0 heterocycles. The summed E-state index contributed by atoms with van der Waals surface area (Å²) < 4.78 is 13.6. The van der Waals surface area contributed by atoms with Gasteiger partial charge in [-0.2, -0.15) is 0 Å². The van der Waals surface area contributed by atoms with Gasteiger partial charge in [-0.3, -0.25) is 24.9 Å². The number of aromatic hydroxyl groups is 1. The number of hydrogen-bond acceptors (Lipinski definition) is 8. The van der Waals surface area contributed by atoms with Gasteiger partial charge < -0.3 is 10.4 Å².